The number of anilines is 1. The third-order valence-corrected chi connectivity index (χ3v) is 2.22. The van der Waals surface area contributed by atoms with E-state index in [4.69, 9.17) is 5.11 Å². The van der Waals surface area contributed by atoms with Crippen LogP contribution in [0.1, 0.15) is 31.9 Å². The molecule has 3 N–H and O–H groups in total. The van der Waals surface area contributed by atoms with Crippen LogP contribution in [0.5, 0.6) is 0 Å². The smallest absolute Gasteiger partial charge is 0.409 e. The second kappa shape index (κ2) is 5.51. The molecule has 1 amide bonds. The number of carboxylic acid groups (broad SMARTS) is 1. The third-order valence-electron chi connectivity index (χ3n) is 2.22. The Morgan fingerprint density at radius 1 is 1.44 bits per heavy atom. The maximum Gasteiger partial charge on any atom is 0.409 e. The second-order valence-corrected chi connectivity index (χ2v) is 4.20. The summed E-state index contributed by atoms with van der Waals surface area (Å²) in [5, 5.41) is 20.7. The molecule has 4 nitrogen and oxygen atoms in total. The summed E-state index contributed by atoms with van der Waals surface area (Å²) in [5.74, 6) is 0.395. The number of hydrogen-bond donors (Lipinski definition) is 3. The fraction of sp³-hybridized carbons (Fsp3) is 0.417. The van der Waals surface area contributed by atoms with Crippen LogP contribution in [0.3, 0.4) is 0 Å². The predicted octanol–water partition coefficient (Wildman–Crippen LogP) is 2.86. The Morgan fingerprint density at radius 3 is 2.69 bits per heavy atom. The lowest BCUT2D eigenvalue weighted by molar-refractivity contribution is 0.151. The summed E-state index contributed by atoms with van der Waals surface area (Å²) < 4.78 is 0. The highest BCUT2D eigenvalue weighted by molar-refractivity contribution is 5.82. The maximum atomic E-state index is 10.5. The molecule has 0 aliphatic carbocycles. The van der Waals surface area contributed by atoms with Crippen LogP contribution in [0, 0.1) is 5.92 Å². The molecule has 0 aromatic heterocycles. The summed E-state index contributed by atoms with van der Waals surface area (Å²) in [6.45, 7) is 4.06. The van der Waals surface area contributed by atoms with Crippen molar-refractivity contribution >= 4 is 11.8 Å². The topological polar surface area (TPSA) is 69.6 Å². The zero-order chi connectivity index (χ0) is 12.1. The third kappa shape index (κ3) is 3.90. The molecule has 0 spiro atoms. The molecular formula is C12H17NO3. The lowest BCUT2D eigenvalue weighted by atomic mass is 9.99. The lowest BCUT2D eigenvalue weighted by Gasteiger charge is -2.14. The maximum absolute atomic E-state index is 10.5. The SMILES string of the molecule is CC(C)CC(O)c1cccc(NC(=O)O)c1. The van der Waals surface area contributed by atoms with Gasteiger partial charge < -0.3 is 10.2 Å². The number of amides is 1. The molecule has 1 rings (SSSR count). The Morgan fingerprint density at radius 2 is 2.12 bits per heavy atom. The Labute approximate surface area is 94.9 Å². The first kappa shape index (κ1) is 12.5. The van der Waals surface area contributed by atoms with Crippen molar-refractivity contribution in [2.24, 2.45) is 5.92 Å². The van der Waals surface area contributed by atoms with Gasteiger partial charge in [-0.3, -0.25) is 5.32 Å². The van der Waals surface area contributed by atoms with E-state index in [0.717, 1.165) is 5.56 Å². The Kier molecular flexibility index (Phi) is 4.31. The van der Waals surface area contributed by atoms with Crippen LogP contribution in [0.2, 0.25) is 0 Å². The highest BCUT2D eigenvalue weighted by Crippen LogP contribution is 2.23. The zero-order valence-electron chi connectivity index (χ0n) is 9.47. The van der Waals surface area contributed by atoms with E-state index in [2.05, 4.69) is 5.32 Å². The van der Waals surface area contributed by atoms with Gasteiger partial charge in [-0.2, -0.15) is 0 Å². The van der Waals surface area contributed by atoms with Crippen LogP contribution in [-0.2, 0) is 0 Å². The lowest BCUT2D eigenvalue weighted by Crippen LogP contribution is -2.08. The second-order valence-electron chi connectivity index (χ2n) is 4.20. The van der Waals surface area contributed by atoms with Crippen molar-refractivity contribution in [3.05, 3.63) is 29.8 Å². The van der Waals surface area contributed by atoms with E-state index in [-0.39, 0.29) is 0 Å². The first-order valence-electron chi connectivity index (χ1n) is 5.27. The monoisotopic (exact) mass is 223 g/mol. The van der Waals surface area contributed by atoms with Crippen LogP contribution in [0.15, 0.2) is 24.3 Å². The standard InChI is InChI=1S/C12H17NO3/c1-8(2)6-11(14)9-4-3-5-10(7-9)13-12(15)16/h3-5,7-8,11,13-14H,6H2,1-2H3,(H,15,16). The number of aliphatic hydroxyl groups excluding tert-OH is 1. The van der Waals surface area contributed by atoms with Gasteiger partial charge in [0.15, 0.2) is 0 Å². The molecule has 88 valence electrons. The molecule has 16 heavy (non-hydrogen) atoms. The minimum atomic E-state index is -1.10. The van der Waals surface area contributed by atoms with Gasteiger partial charge in [-0.1, -0.05) is 26.0 Å². The predicted molar refractivity (Wildman–Crippen MR) is 62.5 cm³/mol. The van der Waals surface area contributed by atoms with Crippen molar-refractivity contribution in [3.63, 3.8) is 0 Å². The van der Waals surface area contributed by atoms with Crippen molar-refractivity contribution in [2.45, 2.75) is 26.4 Å². The summed E-state index contributed by atoms with van der Waals surface area (Å²) in [4.78, 5) is 10.5. The van der Waals surface area contributed by atoms with Crippen molar-refractivity contribution < 1.29 is 15.0 Å². The molecule has 0 radical (unpaired) electrons. The molecule has 1 unspecified atom stereocenters. The van der Waals surface area contributed by atoms with E-state index >= 15 is 0 Å². The summed E-state index contributed by atoms with van der Waals surface area (Å²) in [6, 6.07) is 6.82. The average molecular weight is 223 g/mol. The first-order valence-corrected chi connectivity index (χ1v) is 5.27. The molecule has 0 saturated carbocycles. The summed E-state index contributed by atoms with van der Waals surface area (Å²) in [7, 11) is 0. The van der Waals surface area contributed by atoms with Gasteiger partial charge in [0, 0.05) is 5.69 Å². The van der Waals surface area contributed by atoms with E-state index in [1.807, 2.05) is 13.8 Å². The minimum absolute atomic E-state index is 0.395. The highest BCUT2D eigenvalue weighted by Gasteiger charge is 2.10. The van der Waals surface area contributed by atoms with E-state index < -0.39 is 12.2 Å². The van der Waals surface area contributed by atoms with Gasteiger partial charge in [0.05, 0.1) is 6.10 Å². The van der Waals surface area contributed by atoms with Crippen molar-refractivity contribution in [3.8, 4) is 0 Å². The van der Waals surface area contributed by atoms with Crippen LogP contribution in [0.4, 0.5) is 10.5 Å². The summed E-state index contributed by atoms with van der Waals surface area (Å²) >= 11 is 0. The number of aliphatic hydroxyl groups is 1. The van der Waals surface area contributed by atoms with Crippen molar-refractivity contribution in [1.82, 2.24) is 0 Å². The fourth-order valence-corrected chi connectivity index (χ4v) is 1.53. The molecule has 0 aliphatic rings. The number of rotatable bonds is 4. The van der Waals surface area contributed by atoms with Crippen LogP contribution >= 0.6 is 0 Å². The van der Waals surface area contributed by atoms with Gasteiger partial charge in [0.1, 0.15) is 0 Å². The van der Waals surface area contributed by atoms with E-state index in [0.29, 0.717) is 18.0 Å². The van der Waals surface area contributed by atoms with Gasteiger partial charge in [0.25, 0.3) is 0 Å². The van der Waals surface area contributed by atoms with E-state index in [1.165, 1.54) is 0 Å². The van der Waals surface area contributed by atoms with Crippen LogP contribution in [-0.4, -0.2) is 16.3 Å². The molecular weight excluding hydrogens is 206 g/mol. The highest BCUT2D eigenvalue weighted by atomic mass is 16.4. The average Bonchev–Trinajstić information content (AvgIpc) is 2.16. The molecule has 0 fully saturated rings. The molecule has 1 aromatic rings. The molecule has 4 heteroatoms. The summed E-state index contributed by atoms with van der Waals surface area (Å²) in [6.07, 6.45) is -0.984. The molecule has 0 aliphatic heterocycles. The minimum Gasteiger partial charge on any atom is -0.465 e. The largest absolute Gasteiger partial charge is 0.465 e. The van der Waals surface area contributed by atoms with Crippen molar-refractivity contribution in [1.29, 1.82) is 0 Å². The molecule has 1 atom stereocenters. The Balaban J connectivity index is 2.77. The van der Waals surface area contributed by atoms with Gasteiger partial charge in [-0.05, 0) is 30.0 Å². The Bertz CT molecular complexity index is 363. The van der Waals surface area contributed by atoms with Crippen molar-refractivity contribution in [2.75, 3.05) is 5.32 Å². The van der Waals surface area contributed by atoms with Gasteiger partial charge in [-0.25, -0.2) is 4.79 Å². The normalized spacial score (nSPS) is 12.5. The van der Waals surface area contributed by atoms with Crippen LogP contribution in [0.25, 0.3) is 0 Å². The van der Waals surface area contributed by atoms with Crippen LogP contribution < -0.4 is 5.32 Å². The quantitative estimate of drug-likeness (QED) is 0.735. The molecule has 0 heterocycles. The molecule has 0 bridgehead atoms. The van der Waals surface area contributed by atoms with Gasteiger partial charge in [-0.15, -0.1) is 0 Å². The van der Waals surface area contributed by atoms with Gasteiger partial charge >= 0.3 is 6.09 Å². The molecule has 0 saturated heterocycles. The number of hydrogen-bond acceptors (Lipinski definition) is 2. The van der Waals surface area contributed by atoms with E-state index in [9.17, 15) is 9.90 Å². The zero-order valence-corrected chi connectivity index (χ0v) is 9.47. The van der Waals surface area contributed by atoms with E-state index in [1.54, 1.807) is 24.3 Å². The number of nitrogens with one attached hydrogen (secondary N) is 1. The first-order chi connectivity index (χ1) is 7.49. The number of carbonyl (C=O) groups is 1. The summed E-state index contributed by atoms with van der Waals surface area (Å²) in [5.41, 5.74) is 1.22. The fourth-order valence-electron chi connectivity index (χ4n) is 1.53. The Hall–Kier alpha value is -1.55. The van der Waals surface area contributed by atoms with Gasteiger partial charge in [0.2, 0.25) is 0 Å². The molecule has 1 aromatic carbocycles. The number of benzene rings is 1.